The minimum Gasteiger partial charge on any atom is -0.396 e. The topological polar surface area (TPSA) is 54.2 Å². The largest absolute Gasteiger partial charge is 0.396 e. The number of nitrogens with zero attached hydrogens (tertiary/aromatic N) is 2. The van der Waals surface area contributed by atoms with Crippen LogP contribution in [0, 0.1) is 0 Å². The van der Waals surface area contributed by atoms with Crippen LogP contribution in [0.3, 0.4) is 0 Å². The molecule has 0 unspecified atom stereocenters. The lowest BCUT2D eigenvalue weighted by Crippen LogP contribution is -2.38. The molecular formula is C10H16N4. The Morgan fingerprint density at radius 3 is 3.14 bits per heavy atom. The number of aromatic nitrogens is 1. The second kappa shape index (κ2) is 4.28. The Morgan fingerprint density at radius 2 is 2.29 bits per heavy atom. The molecule has 1 aromatic rings. The van der Waals surface area contributed by atoms with Gasteiger partial charge in [-0.3, -0.25) is 4.98 Å². The molecule has 1 aromatic heterocycles. The van der Waals surface area contributed by atoms with Gasteiger partial charge in [0.05, 0.1) is 17.6 Å². The van der Waals surface area contributed by atoms with E-state index in [2.05, 4.69) is 15.4 Å². The fourth-order valence-electron chi connectivity index (χ4n) is 1.72. The number of pyridine rings is 1. The molecule has 0 bridgehead atoms. The summed E-state index contributed by atoms with van der Waals surface area (Å²) in [5.74, 6) is 0. The highest BCUT2D eigenvalue weighted by molar-refractivity contribution is 5.65. The van der Waals surface area contributed by atoms with Crippen LogP contribution >= 0.6 is 0 Å². The van der Waals surface area contributed by atoms with Gasteiger partial charge in [-0.25, -0.2) is 5.43 Å². The van der Waals surface area contributed by atoms with Crippen LogP contribution in [0.15, 0.2) is 18.5 Å². The minimum absolute atomic E-state index is 0.738. The van der Waals surface area contributed by atoms with Crippen molar-refractivity contribution in [2.45, 2.75) is 19.3 Å². The van der Waals surface area contributed by atoms with Crippen LogP contribution in [0.2, 0.25) is 0 Å². The summed E-state index contributed by atoms with van der Waals surface area (Å²) in [6.07, 6.45) is 7.21. The SMILES string of the molecule is Nc1cnccc1N1CCCCCN1. The van der Waals surface area contributed by atoms with Gasteiger partial charge in [0.15, 0.2) is 0 Å². The molecule has 0 aromatic carbocycles. The summed E-state index contributed by atoms with van der Waals surface area (Å²) in [6, 6.07) is 1.95. The zero-order valence-electron chi connectivity index (χ0n) is 8.24. The first-order valence-corrected chi connectivity index (χ1v) is 5.08. The van der Waals surface area contributed by atoms with E-state index in [4.69, 9.17) is 5.73 Å². The van der Waals surface area contributed by atoms with E-state index in [0.29, 0.717) is 0 Å². The Balaban J connectivity index is 2.16. The number of nitrogen functional groups attached to an aromatic ring is 1. The molecule has 0 amide bonds. The third-order valence-electron chi connectivity index (χ3n) is 2.48. The number of nitrogens with one attached hydrogen (secondary N) is 1. The molecule has 0 radical (unpaired) electrons. The first-order chi connectivity index (χ1) is 6.88. The van der Waals surface area contributed by atoms with E-state index in [1.54, 1.807) is 12.4 Å². The van der Waals surface area contributed by atoms with Crippen molar-refractivity contribution in [1.29, 1.82) is 0 Å². The highest BCUT2D eigenvalue weighted by Crippen LogP contribution is 2.21. The van der Waals surface area contributed by atoms with Crippen molar-refractivity contribution in [3.8, 4) is 0 Å². The highest BCUT2D eigenvalue weighted by atomic mass is 15.5. The average Bonchev–Trinajstić information content (AvgIpc) is 2.47. The van der Waals surface area contributed by atoms with Crippen molar-refractivity contribution in [3.63, 3.8) is 0 Å². The molecule has 0 saturated carbocycles. The molecule has 4 nitrogen and oxygen atoms in total. The van der Waals surface area contributed by atoms with E-state index in [1.165, 1.54) is 19.3 Å². The third-order valence-corrected chi connectivity index (χ3v) is 2.48. The summed E-state index contributed by atoms with van der Waals surface area (Å²) in [5.41, 5.74) is 11.0. The van der Waals surface area contributed by atoms with E-state index in [1.807, 2.05) is 6.07 Å². The lowest BCUT2D eigenvalue weighted by atomic mass is 10.2. The normalized spacial score (nSPS) is 17.9. The van der Waals surface area contributed by atoms with Gasteiger partial charge in [0.25, 0.3) is 0 Å². The van der Waals surface area contributed by atoms with Crippen molar-refractivity contribution < 1.29 is 0 Å². The fraction of sp³-hybridized carbons (Fsp3) is 0.500. The number of hydrogen-bond donors (Lipinski definition) is 2. The summed E-state index contributed by atoms with van der Waals surface area (Å²) in [6.45, 7) is 2.05. The smallest absolute Gasteiger partial charge is 0.0780 e. The molecule has 2 rings (SSSR count). The maximum Gasteiger partial charge on any atom is 0.0780 e. The number of hydrogen-bond acceptors (Lipinski definition) is 4. The van der Waals surface area contributed by atoms with Gasteiger partial charge in [0.1, 0.15) is 0 Å². The molecule has 14 heavy (non-hydrogen) atoms. The highest BCUT2D eigenvalue weighted by Gasteiger charge is 2.11. The summed E-state index contributed by atoms with van der Waals surface area (Å²) in [4.78, 5) is 3.98. The van der Waals surface area contributed by atoms with Crippen LogP contribution in [0.5, 0.6) is 0 Å². The van der Waals surface area contributed by atoms with E-state index >= 15 is 0 Å². The van der Waals surface area contributed by atoms with Crippen molar-refractivity contribution in [1.82, 2.24) is 10.4 Å². The van der Waals surface area contributed by atoms with E-state index in [0.717, 1.165) is 24.5 Å². The van der Waals surface area contributed by atoms with Gasteiger partial charge in [-0.05, 0) is 18.9 Å². The molecule has 2 heterocycles. The second-order valence-electron chi connectivity index (χ2n) is 3.55. The standard InChI is InChI=1S/C10H16N4/c11-9-8-12-6-4-10(9)14-7-3-1-2-5-13-14/h4,6,8,13H,1-3,5,7,11H2. The van der Waals surface area contributed by atoms with Gasteiger partial charge in [0, 0.05) is 19.3 Å². The number of hydrazine groups is 1. The molecule has 0 spiro atoms. The predicted octanol–water partition coefficient (Wildman–Crippen LogP) is 1.16. The zero-order chi connectivity index (χ0) is 9.80. The van der Waals surface area contributed by atoms with Gasteiger partial charge < -0.3 is 10.7 Å². The summed E-state index contributed by atoms with van der Waals surface area (Å²) in [5, 5.41) is 2.13. The Morgan fingerprint density at radius 1 is 1.36 bits per heavy atom. The quantitative estimate of drug-likeness (QED) is 0.701. The van der Waals surface area contributed by atoms with Crippen molar-refractivity contribution in [3.05, 3.63) is 18.5 Å². The van der Waals surface area contributed by atoms with Crippen LogP contribution in [-0.4, -0.2) is 18.1 Å². The van der Waals surface area contributed by atoms with Gasteiger partial charge in [-0.15, -0.1) is 0 Å². The van der Waals surface area contributed by atoms with Crippen LogP contribution in [-0.2, 0) is 0 Å². The molecular weight excluding hydrogens is 176 g/mol. The van der Waals surface area contributed by atoms with Crippen molar-refractivity contribution in [2.24, 2.45) is 0 Å². The molecule has 1 aliphatic rings. The molecule has 0 aliphatic carbocycles. The molecule has 1 saturated heterocycles. The van der Waals surface area contributed by atoms with Gasteiger partial charge in [-0.2, -0.15) is 0 Å². The average molecular weight is 192 g/mol. The Bertz CT molecular complexity index is 292. The maximum absolute atomic E-state index is 5.86. The van der Waals surface area contributed by atoms with E-state index in [9.17, 15) is 0 Å². The number of anilines is 2. The van der Waals surface area contributed by atoms with Gasteiger partial charge in [0.2, 0.25) is 0 Å². The molecule has 76 valence electrons. The second-order valence-corrected chi connectivity index (χ2v) is 3.55. The van der Waals surface area contributed by atoms with Gasteiger partial charge in [-0.1, -0.05) is 6.42 Å². The first kappa shape index (κ1) is 9.27. The van der Waals surface area contributed by atoms with Crippen LogP contribution in [0.4, 0.5) is 11.4 Å². The molecule has 0 atom stereocenters. The summed E-state index contributed by atoms with van der Waals surface area (Å²) < 4.78 is 0. The molecule has 4 heteroatoms. The van der Waals surface area contributed by atoms with Gasteiger partial charge >= 0.3 is 0 Å². The van der Waals surface area contributed by atoms with E-state index < -0.39 is 0 Å². The Hall–Kier alpha value is -1.29. The lowest BCUT2D eigenvalue weighted by molar-refractivity contribution is 0.661. The number of nitrogens with two attached hydrogens (primary N) is 1. The molecule has 1 aliphatic heterocycles. The zero-order valence-corrected chi connectivity index (χ0v) is 8.24. The minimum atomic E-state index is 0.738. The van der Waals surface area contributed by atoms with E-state index in [-0.39, 0.29) is 0 Å². The first-order valence-electron chi connectivity index (χ1n) is 5.08. The molecule has 1 fully saturated rings. The number of rotatable bonds is 1. The Labute approximate surface area is 84.1 Å². The lowest BCUT2D eigenvalue weighted by Gasteiger charge is -2.24. The van der Waals surface area contributed by atoms with Crippen LogP contribution in [0.25, 0.3) is 0 Å². The molecule has 3 N–H and O–H groups in total. The summed E-state index contributed by atoms with van der Waals surface area (Å²) in [7, 11) is 0. The van der Waals surface area contributed by atoms with Crippen molar-refractivity contribution in [2.75, 3.05) is 23.8 Å². The summed E-state index contributed by atoms with van der Waals surface area (Å²) >= 11 is 0. The van der Waals surface area contributed by atoms with Crippen LogP contribution in [0.1, 0.15) is 19.3 Å². The monoisotopic (exact) mass is 192 g/mol. The maximum atomic E-state index is 5.86. The third kappa shape index (κ3) is 1.96. The predicted molar refractivity (Wildman–Crippen MR) is 57.8 cm³/mol. The fourth-order valence-corrected chi connectivity index (χ4v) is 1.72. The van der Waals surface area contributed by atoms with Crippen LogP contribution < -0.4 is 16.2 Å². The van der Waals surface area contributed by atoms with Crippen molar-refractivity contribution >= 4 is 11.4 Å². The Kier molecular flexibility index (Phi) is 2.84.